The van der Waals surface area contributed by atoms with Crippen molar-refractivity contribution in [2.45, 2.75) is 40.0 Å². The fraction of sp³-hybridized carbons (Fsp3) is 0.583. The van der Waals surface area contributed by atoms with Gasteiger partial charge in [0.15, 0.2) is 0 Å². The van der Waals surface area contributed by atoms with Gasteiger partial charge in [-0.25, -0.2) is 0 Å². The summed E-state index contributed by atoms with van der Waals surface area (Å²) in [5.74, 6) is 0.698. The normalized spacial score (nSPS) is 10.8. The monoisotopic (exact) mass is 177 g/mol. The fourth-order valence-corrected chi connectivity index (χ4v) is 1.46. The Kier molecular flexibility index (Phi) is 3.94. The first-order valence-electron chi connectivity index (χ1n) is 5.17. The van der Waals surface area contributed by atoms with Gasteiger partial charge in [0.05, 0.1) is 0 Å². The smallest absolute Gasteiger partial charge is 0.0409 e. The number of nitrogens with zero attached hydrogens (tertiary/aromatic N) is 1. The van der Waals surface area contributed by atoms with E-state index < -0.39 is 0 Å². The summed E-state index contributed by atoms with van der Waals surface area (Å²) in [4.78, 5) is 4.60. The lowest BCUT2D eigenvalue weighted by molar-refractivity contribution is 0.632. The lowest BCUT2D eigenvalue weighted by Gasteiger charge is -2.05. The number of aromatic nitrogens is 1. The molecule has 0 spiro atoms. The molecule has 1 rings (SSSR count). The SMILES string of the molecule is CCCc1cccc(CC(C)C)n1. The van der Waals surface area contributed by atoms with Crippen LogP contribution in [0, 0.1) is 5.92 Å². The maximum absolute atomic E-state index is 4.60. The number of hydrogen-bond acceptors (Lipinski definition) is 1. The van der Waals surface area contributed by atoms with E-state index in [0.29, 0.717) is 5.92 Å². The Labute approximate surface area is 81.2 Å². The van der Waals surface area contributed by atoms with Gasteiger partial charge in [0.25, 0.3) is 0 Å². The summed E-state index contributed by atoms with van der Waals surface area (Å²) in [6, 6.07) is 6.36. The largest absolute Gasteiger partial charge is 0.258 e. The van der Waals surface area contributed by atoms with Gasteiger partial charge >= 0.3 is 0 Å². The fourth-order valence-electron chi connectivity index (χ4n) is 1.46. The molecule has 0 aliphatic carbocycles. The van der Waals surface area contributed by atoms with Gasteiger partial charge in [0, 0.05) is 11.4 Å². The number of rotatable bonds is 4. The Morgan fingerprint density at radius 1 is 1.23 bits per heavy atom. The summed E-state index contributed by atoms with van der Waals surface area (Å²) >= 11 is 0. The number of pyridine rings is 1. The highest BCUT2D eigenvalue weighted by Gasteiger charge is 1.99. The predicted octanol–water partition coefficient (Wildman–Crippen LogP) is 3.23. The highest BCUT2D eigenvalue weighted by molar-refractivity contribution is 5.11. The van der Waals surface area contributed by atoms with E-state index in [0.717, 1.165) is 12.8 Å². The summed E-state index contributed by atoms with van der Waals surface area (Å²) in [6.45, 7) is 6.65. The van der Waals surface area contributed by atoms with Crippen molar-refractivity contribution < 1.29 is 0 Å². The van der Waals surface area contributed by atoms with Gasteiger partial charge in [0.2, 0.25) is 0 Å². The molecule has 1 heterocycles. The molecule has 0 saturated heterocycles. The van der Waals surface area contributed by atoms with Crippen molar-refractivity contribution in [2.75, 3.05) is 0 Å². The molecule has 72 valence electrons. The maximum atomic E-state index is 4.60. The standard InChI is InChI=1S/C12H19N/c1-4-6-11-7-5-8-12(13-11)9-10(2)3/h5,7-8,10H,4,6,9H2,1-3H3. The van der Waals surface area contributed by atoms with E-state index in [4.69, 9.17) is 0 Å². The van der Waals surface area contributed by atoms with Gasteiger partial charge in [0.1, 0.15) is 0 Å². The quantitative estimate of drug-likeness (QED) is 0.688. The van der Waals surface area contributed by atoms with Crippen LogP contribution in [-0.2, 0) is 12.8 Å². The highest BCUT2D eigenvalue weighted by Crippen LogP contribution is 2.07. The molecule has 0 radical (unpaired) electrons. The van der Waals surface area contributed by atoms with Gasteiger partial charge in [-0.1, -0.05) is 33.3 Å². The third-order valence-corrected chi connectivity index (χ3v) is 1.99. The third kappa shape index (κ3) is 3.58. The number of hydrogen-bond donors (Lipinski definition) is 0. The minimum Gasteiger partial charge on any atom is -0.258 e. The van der Waals surface area contributed by atoms with Gasteiger partial charge in [-0.15, -0.1) is 0 Å². The highest BCUT2D eigenvalue weighted by atomic mass is 14.7. The molecular formula is C12H19N. The molecule has 0 saturated carbocycles. The molecule has 0 aromatic carbocycles. The van der Waals surface area contributed by atoms with Crippen molar-refractivity contribution in [3.63, 3.8) is 0 Å². The molecule has 13 heavy (non-hydrogen) atoms. The van der Waals surface area contributed by atoms with Crippen LogP contribution < -0.4 is 0 Å². The minimum absolute atomic E-state index is 0.698. The van der Waals surface area contributed by atoms with Crippen molar-refractivity contribution in [3.8, 4) is 0 Å². The predicted molar refractivity (Wildman–Crippen MR) is 56.8 cm³/mol. The average molecular weight is 177 g/mol. The molecule has 0 N–H and O–H groups in total. The van der Waals surface area contributed by atoms with Crippen LogP contribution in [-0.4, -0.2) is 4.98 Å². The van der Waals surface area contributed by atoms with Crippen LogP contribution in [0.15, 0.2) is 18.2 Å². The summed E-state index contributed by atoms with van der Waals surface area (Å²) in [6.07, 6.45) is 3.38. The van der Waals surface area contributed by atoms with E-state index in [1.807, 2.05) is 0 Å². The van der Waals surface area contributed by atoms with Crippen molar-refractivity contribution in [1.82, 2.24) is 4.98 Å². The molecule has 0 fully saturated rings. The van der Waals surface area contributed by atoms with Crippen molar-refractivity contribution in [3.05, 3.63) is 29.6 Å². The van der Waals surface area contributed by atoms with Crippen LogP contribution in [0.3, 0.4) is 0 Å². The van der Waals surface area contributed by atoms with Crippen LogP contribution in [0.25, 0.3) is 0 Å². The molecule has 0 unspecified atom stereocenters. The van der Waals surface area contributed by atoms with E-state index in [9.17, 15) is 0 Å². The Balaban J connectivity index is 2.67. The lowest BCUT2D eigenvalue weighted by atomic mass is 10.1. The van der Waals surface area contributed by atoms with Crippen molar-refractivity contribution >= 4 is 0 Å². The van der Waals surface area contributed by atoms with Crippen LogP contribution in [0.1, 0.15) is 38.6 Å². The first-order chi connectivity index (χ1) is 6.22. The molecule has 0 atom stereocenters. The van der Waals surface area contributed by atoms with E-state index in [-0.39, 0.29) is 0 Å². The third-order valence-electron chi connectivity index (χ3n) is 1.99. The topological polar surface area (TPSA) is 12.9 Å². The Hall–Kier alpha value is -0.850. The summed E-state index contributed by atoms with van der Waals surface area (Å²) < 4.78 is 0. The lowest BCUT2D eigenvalue weighted by Crippen LogP contribution is -1.99. The molecule has 0 bridgehead atoms. The average Bonchev–Trinajstić information content (AvgIpc) is 2.04. The second-order valence-electron chi connectivity index (χ2n) is 3.97. The zero-order valence-electron chi connectivity index (χ0n) is 8.88. The maximum Gasteiger partial charge on any atom is 0.0409 e. The zero-order valence-corrected chi connectivity index (χ0v) is 8.88. The molecule has 0 amide bonds. The first-order valence-corrected chi connectivity index (χ1v) is 5.17. The Morgan fingerprint density at radius 2 is 1.92 bits per heavy atom. The summed E-state index contributed by atoms with van der Waals surface area (Å²) in [5, 5.41) is 0. The van der Waals surface area contributed by atoms with Gasteiger partial charge < -0.3 is 0 Å². The molecule has 1 aromatic rings. The molecule has 1 heteroatoms. The summed E-state index contributed by atoms with van der Waals surface area (Å²) in [7, 11) is 0. The van der Waals surface area contributed by atoms with E-state index in [1.54, 1.807) is 0 Å². The van der Waals surface area contributed by atoms with Gasteiger partial charge in [-0.3, -0.25) is 4.98 Å². The van der Waals surface area contributed by atoms with E-state index in [1.165, 1.54) is 17.8 Å². The number of aryl methyl sites for hydroxylation is 1. The molecular weight excluding hydrogens is 158 g/mol. The zero-order chi connectivity index (χ0) is 9.68. The first kappa shape index (κ1) is 10.2. The van der Waals surface area contributed by atoms with Crippen molar-refractivity contribution in [1.29, 1.82) is 0 Å². The second-order valence-corrected chi connectivity index (χ2v) is 3.97. The molecule has 0 aliphatic rings. The Morgan fingerprint density at radius 3 is 2.54 bits per heavy atom. The van der Waals surface area contributed by atoms with Crippen molar-refractivity contribution in [2.24, 2.45) is 5.92 Å². The van der Waals surface area contributed by atoms with Crippen LogP contribution >= 0.6 is 0 Å². The molecule has 1 nitrogen and oxygen atoms in total. The van der Waals surface area contributed by atoms with E-state index in [2.05, 4.69) is 44.0 Å². The van der Waals surface area contributed by atoms with Crippen LogP contribution in [0.2, 0.25) is 0 Å². The van der Waals surface area contributed by atoms with Crippen LogP contribution in [0.5, 0.6) is 0 Å². The van der Waals surface area contributed by atoms with E-state index >= 15 is 0 Å². The van der Waals surface area contributed by atoms with Crippen LogP contribution in [0.4, 0.5) is 0 Å². The van der Waals surface area contributed by atoms with Gasteiger partial charge in [-0.2, -0.15) is 0 Å². The summed E-state index contributed by atoms with van der Waals surface area (Å²) in [5.41, 5.74) is 2.47. The Bertz CT molecular complexity index is 253. The second kappa shape index (κ2) is 5.00. The van der Waals surface area contributed by atoms with Gasteiger partial charge in [-0.05, 0) is 30.9 Å². The molecule has 1 aromatic heterocycles. The molecule has 0 aliphatic heterocycles. The minimum atomic E-state index is 0.698.